The number of anilines is 1. The summed E-state index contributed by atoms with van der Waals surface area (Å²) in [4.78, 5) is 63.3. The lowest BCUT2D eigenvalue weighted by Crippen LogP contribution is -2.30. The fourth-order valence-corrected chi connectivity index (χ4v) is 5.15. The number of aromatic nitrogens is 1. The second-order valence-electron chi connectivity index (χ2n) is 6.91. The first-order valence-electron chi connectivity index (χ1n) is 10.4. The molecule has 0 fully saturated rings. The lowest BCUT2D eigenvalue weighted by Gasteiger charge is -2.12. The number of thiazole rings is 1. The van der Waals surface area contributed by atoms with Gasteiger partial charge in [0, 0.05) is 17.8 Å². The normalized spacial score (nSPS) is 10.8. The fourth-order valence-electron chi connectivity index (χ4n) is 2.98. The number of non-ortho nitro benzene ring substituents is 1. The second kappa shape index (κ2) is 11.6. The summed E-state index contributed by atoms with van der Waals surface area (Å²) in [7, 11) is 0. The first-order valence-corrected chi connectivity index (χ1v) is 12.1. The monoisotopic (exact) mass is 533 g/mol. The molecular weight excluding hydrogens is 514 g/mol. The number of esters is 2. The molecule has 3 rings (SSSR count). The van der Waals surface area contributed by atoms with Crippen molar-refractivity contribution in [3.8, 4) is 0 Å². The van der Waals surface area contributed by atoms with Gasteiger partial charge in [-0.15, -0.1) is 11.3 Å². The number of carbonyl (C=O) groups excluding carboxylic acids is 3. The van der Waals surface area contributed by atoms with Crippen molar-refractivity contribution in [2.75, 3.05) is 18.5 Å². The number of nitrogens with one attached hydrogen (secondary N) is 1. The number of carboxylic acid groups (broad SMARTS) is 1. The van der Waals surface area contributed by atoms with Crippen molar-refractivity contribution in [3.05, 3.63) is 57.6 Å². The number of benzene rings is 2. The molecule has 0 aliphatic rings. The Morgan fingerprint density at radius 2 is 1.75 bits per heavy atom. The van der Waals surface area contributed by atoms with Crippen LogP contribution in [0.5, 0.6) is 0 Å². The standard InChI is InChI=1S/C22H19N3O9S2/c1-3-33-20(29)17(21(30)34-4-2)36-22-24-15-8-5-11(9-16(15)35-22)23-18(26)13-7-6-12(25(31)32)10-14(13)19(27)28/h5-10,17H,3-4H2,1-2H3,(H,23,26)(H,27,28). The molecule has 0 radical (unpaired) electrons. The van der Waals surface area contributed by atoms with Crippen LogP contribution in [0.4, 0.5) is 11.4 Å². The number of carboxylic acids is 1. The molecule has 0 atom stereocenters. The van der Waals surface area contributed by atoms with Crippen LogP contribution in [0.15, 0.2) is 40.7 Å². The van der Waals surface area contributed by atoms with E-state index in [1.165, 1.54) is 6.07 Å². The summed E-state index contributed by atoms with van der Waals surface area (Å²) in [6, 6.07) is 7.65. The van der Waals surface area contributed by atoms with Crippen molar-refractivity contribution < 1.29 is 38.7 Å². The van der Waals surface area contributed by atoms with Gasteiger partial charge >= 0.3 is 17.9 Å². The van der Waals surface area contributed by atoms with E-state index in [1.54, 1.807) is 26.0 Å². The Kier molecular flexibility index (Phi) is 8.55. The Morgan fingerprint density at radius 3 is 2.33 bits per heavy atom. The molecule has 12 nitrogen and oxygen atoms in total. The van der Waals surface area contributed by atoms with Crippen LogP contribution >= 0.6 is 23.1 Å². The number of aromatic carboxylic acids is 1. The predicted molar refractivity (Wildman–Crippen MR) is 131 cm³/mol. The molecule has 2 N–H and O–H groups in total. The topological polar surface area (TPSA) is 175 Å². The number of hydrogen-bond donors (Lipinski definition) is 2. The molecule has 0 unspecified atom stereocenters. The van der Waals surface area contributed by atoms with E-state index in [2.05, 4.69) is 10.3 Å². The van der Waals surface area contributed by atoms with Gasteiger partial charge in [0.05, 0.1) is 39.5 Å². The molecule has 0 spiro atoms. The minimum absolute atomic E-state index is 0.0938. The predicted octanol–water partition coefficient (Wildman–Crippen LogP) is 3.74. The van der Waals surface area contributed by atoms with Gasteiger partial charge in [-0.25, -0.2) is 9.78 Å². The Hall–Kier alpha value is -4.04. The maximum atomic E-state index is 12.7. The van der Waals surface area contributed by atoms with Gasteiger partial charge in [0.2, 0.25) is 5.25 Å². The van der Waals surface area contributed by atoms with Gasteiger partial charge < -0.3 is 19.9 Å². The number of rotatable bonds is 10. The van der Waals surface area contributed by atoms with Gasteiger partial charge in [-0.2, -0.15) is 0 Å². The van der Waals surface area contributed by atoms with Crippen LogP contribution in [0.1, 0.15) is 34.6 Å². The molecule has 1 aromatic heterocycles. The minimum atomic E-state index is -1.49. The highest BCUT2D eigenvalue weighted by molar-refractivity contribution is 8.03. The molecule has 0 bridgehead atoms. The molecular formula is C22H19N3O9S2. The number of hydrogen-bond acceptors (Lipinski definition) is 11. The Morgan fingerprint density at radius 1 is 1.08 bits per heavy atom. The van der Waals surface area contributed by atoms with Crippen LogP contribution in [0.3, 0.4) is 0 Å². The van der Waals surface area contributed by atoms with Crippen molar-refractivity contribution in [1.82, 2.24) is 4.98 Å². The average Bonchev–Trinajstić information content (AvgIpc) is 3.24. The van der Waals surface area contributed by atoms with Gasteiger partial charge in [-0.05, 0) is 38.1 Å². The number of nitrogens with zero attached hydrogens (tertiary/aromatic N) is 2. The van der Waals surface area contributed by atoms with E-state index in [0.29, 0.717) is 20.2 Å². The first-order chi connectivity index (χ1) is 17.1. The molecule has 1 heterocycles. The Balaban J connectivity index is 1.83. The van der Waals surface area contributed by atoms with Crippen LogP contribution in [0, 0.1) is 10.1 Å². The second-order valence-corrected chi connectivity index (χ2v) is 9.29. The maximum Gasteiger partial charge on any atom is 0.336 e. The molecule has 0 aliphatic carbocycles. The summed E-state index contributed by atoms with van der Waals surface area (Å²) in [6.45, 7) is 3.43. The summed E-state index contributed by atoms with van der Waals surface area (Å²) < 4.78 is 10.9. The minimum Gasteiger partial charge on any atom is -0.478 e. The molecule has 36 heavy (non-hydrogen) atoms. The molecule has 3 aromatic rings. The van der Waals surface area contributed by atoms with E-state index in [-0.39, 0.29) is 18.8 Å². The molecule has 0 aliphatic heterocycles. The van der Waals surface area contributed by atoms with Gasteiger partial charge in [0.15, 0.2) is 4.34 Å². The number of thioether (sulfide) groups is 1. The van der Waals surface area contributed by atoms with Crippen LogP contribution in [0.2, 0.25) is 0 Å². The zero-order valence-corrected chi connectivity index (χ0v) is 20.5. The van der Waals surface area contributed by atoms with Crippen molar-refractivity contribution in [1.29, 1.82) is 0 Å². The molecule has 0 saturated carbocycles. The Bertz CT molecular complexity index is 1340. The highest BCUT2D eigenvalue weighted by atomic mass is 32.2. The van der Waals surface area contributed by atoms with Crippen molar-refractivity contribution in [2.45, 2.75) is 23.4 Å². The number of ether oxygens (including phenoxy) is 2. The number of carbonyl (C=O) groups is 4. The zero-order chi connectivity index (χ0) is 26.4. The van der Waals surface area contributed by atoms with Gasteiger partial charge in [-0.1, -0.05) is 11.8 Å². The summed E-state index contributed by atoms with van der Waals surface area (Å²) in [6.07, 6.45) is 0. The van der Waals surface area contributed by atoms with Crippen molar-refractivity contribution in [3.63, 3.8) is 0 Å². The number of amides is 1. The van der Waals surface area contributed by atoms with Crippen molar-refractivity contribution >= 4 is 68.5 Å². The van der Waals surface area contributed by atoms with E-state index in [4.69, 9.17) is 9.47 Å². The third-order valence-corrected chi connectivity index (χ3v) is 6.80. The quantitative estimate of drug-likeness (QED) is 0.128. The van der Waals surface area contributed by atoms with E-state index >= 15 is 0 Å². The van der Waals surface area contributed by atoms with Gasteiger partial charge in [0.25, 0.3) is 11.6 Å². The first kappa shape index (κ1) is 26.6. The average molecular weight is 534 g/mol. The highest BCUT2D eigenvalue weighted by Crippen LogP contribution is 2.34. The largest absolute Gasteiger partial charge is 0.478 e. The van der Waals surface area contributed by atoms with E-state index in [9.17, 15) is 34.4 Å². The zero-order valence-electron chi connectivity index (χ0n) is 18.9. The summed E-state index contributed by atoms with van der Waals surface area (Å²) in [5, 5.41) is 21.6. The third-order valence-electron chi connectivity index (χ3n) is 4.54. The molecule has 14 heteroatoms. The maximum absolute atomic E-state index is 12.7. The number of fused-ring (bicyclic) bond motifs is 1. The number of nitro groups is 1. The SMILES string of the molecule is CCOC(=O)C(Sc1nc2ccc(NC(=O)c3ccc([N+](=O)[O-])cc3C(=O)O)cc2s1)C(=O)OCC. The third kappa shape index (κ3) is 6.14. The summed E-state index contributed by atoms with van der Waals surface area (Å²) in [5.41, 5.74) is -0.365. The highest BCUT2D eigenvalue weighted by Gasteiger charge is 2.32. The summed E-state index contributed by atoms with van der Waals surface area (Å²) >= 11 is 2.05. The van der Waals surface area contributed by atoms with Crippen LogP contribution in [0.25, 0.3) is 10.2 Å². The lowest BCUT2D eigenvalue weighted by molar-refractivity contribution is -0.384. The molecule has 188 valence electrons. The lowest BCUT2D eigenvalue weighted by atomic mass is 10.1. The van der Waals surface area contributed by atoms with E-state index in [1.807, 2.05) is 0 Å². The van der Waals surface area contributed by atoms with Gasteiger partial charge in [0.1, 0.15) is 0 Å². The Labute approximate surface area is 211 Å². The van der Waals surface area contributed by atoms with Crippen LogP contribution in [-0.4, -0.2) is 57.3 Å². The van der Waals surface area contributed by atoms with Crippen LogP contribution in [-0.2, 0) is 19.1 Å². The van der Waals surface area contributed by atoms with Gasteiger partial charge in [-0.3, -0.25) is 24.5 Å². The van der Waals surface area contributed by atoms with E-state index in [0.717, 1.165) is 41.3 Å². The fraction of sp³-hybridized carbons (Fsp3) is 0.227. The number of nitro benzene ring substituents is 1. The molecule has 2 aromatic carbocycles. The molecule has 0 saturated heterocycles. The van der Waals surface area contributed by atoms with Crippen molar-refractivity contribution in [2.24, 2.45) is 0 Å². The molecule has 1 amide bonds. The summed E-state index contributed by atoms with van der Waals surface area (Å²) in [5.74, 6) is -3.75. The van der Waals surface area contributed by atoms with E-state index < -0.39 is 45.2 Å². The van der Waals surface area contributed by atoms with Crippen LogP contribution < -0.4 is 5.32 Å². The smallest absolute Gasteiger partial charge is 0.336 e.